The first kappa shape index (κ1) is 17.6. The molecular weight excluding hydrogens is 322 g/mol. The van der Waals surface area contributed by atoms with Crippen LogP contribution in [0.25, 0.3) is 0 Å². The lowest BCUT2D eigenvalue weighted by Gasteiger charge is -2.17. The maximum absolute atomic E-state index is 12.0. The van der Waals surface area contributed by atoms with Gasteiger partial charge in [-0.25, -0.2) is 4.79 Å². The lowest BCUT2D eigenvalue weighted by molar-refractivity contribution is -0.0550. The smallest absolute Gasteiger partial charge is 0.330 e. The van der Waals surface area contributed by atoms with Crippen molar-refractivity contribution in [3.05, 3.63) is 32.6 Å². The summed E-state index contributed by atoms with van der Waals surface area (Å²) in [6.45, 7) is 5.53. The molecule has 1 fully saturated rings. The van der Waals surface area contributed by atoms with Crippen LogP contribution in [0.1, 0.15) is 11.8 Å². The third-order valence-corrected chi connectivity index (χ3v) is 4.21. The number of nitrogens with one attached hydrogen (secondary N) is 1. The average Bonchev–Trinajstić information content (AvgIpc) is 2.73. The molecule has 0 radical (unpaired) electrons. The van der Waals surface area contributed by atoms with Gasteiger partial charge in [0, 0.05) is 6.20 Å². The van der Waals surface area contributed by atoms with Gasteiger partial charge in [0.15, 0.2) is 6.23 Å². The normalized spacial score (nSPS) is 27.6. The Labute approximate surface area is 133 Å². The van der Waals surface area contributed by atoms with Crippen molar-refractivity contribution in [1.29, 1.82) is 0 Å². The molecule has 0 saturated carbocycles. The first-order valence-corrected chi connectivity index (χ1v) is 10.6. The molecule has 1 aromatic rings. The fourth-order valence-electron chi connectivity index (χ4n) is 2.13. The largest absolute Gasteiger partial charge is 0.394 e. The Morgan fingerprint density at radius 1 is 1.30 bits per heavy atom. The summed E-state index contributed by atoms with van der Waals surface area (Å²) in [5.41, 5.74) is 1.68. The zero-order valence-electron chi connectivity index (χ0n) is 13.1. The Balaban J connectivity index is 2.46. The lowest BCUT2D eigenvalue weighted by Crippen LogP contribution is -2.38. The number of nitrogens with zero attached hydrogens (tertiary/aromatic N) is 1. The second kappa shape index (κ2) is 6.43. The Hall–Kier alpha value is -1.70. The van der Waals surface area contributed by atoms with E-state index >= 15 is 0 Å². The molecule has 0 bridgehead atoms. The summed E-state index contributed by atoms with van der Waals surface area (Å²) in [5.74, 6) is 2.75. The van der Waals surface area contributed by atoms with E-state index in [1.807, 2.05) is 19.6 Å². The van der Waals surface area contributed by atoms with Crippen LogP contribution in [0, 0.1) is 11.5 Å². The second-order valence-corrected chi connectivity index (χ2v) is 11.2. The molecule has 1 aliphatic heterocycles. The predicted molar refractivity (Wildman–Crippen MR) is 84.6 cm³/mol. The first-order valence-electron chi connectivity index (χ1n) is 7.15. The van der Waals surface area contributed by atoms with Crippen LogP contribution >= 0.6 is 0 Å². The van der Waals surface area contributed by atoms with Gasteiger partial charge < -0.3 is 20.1 Å². The summed E-state index contributed by atoms with van der Waals surface area (Å²) in [5, 5.41) is 28.9. The number of ether oxygens (including phenoxy) is 1. The molecule has 0 amide bonds. The van der Waals surface area contributed by atoms with Crippen molar-refractivity contribution in [1.82, 2.24) is 9.55 Å². The molecule has 23 heavy (non-hydrogen) atoms. The number of aromatic amines is 1. The number of aromatic nitrogens is 2. The second-order valence-electron chi connectivity index (χ2n) is 6.44. The fraction of sp³-hybridized carbons (Fsp3) is 0.571. The Morgan fingerprint density at radius 3 is 2.48 bits per heavy atom. The summed E-state index contributed by atoms with van der Waals surface area (Å²) in [6, 6.07) is 0. The number of aliphatic hydroxyl groups excluding tert-OH is 3. The average molecular weight is 342 g/mol. The summed E-state index contributed by atoms with van der Waals surface area (Å²) in [4.78, 5) is 25.9. The van der Waals surface area contributed by atoms with Crippen LogP contribution in [0.3, 0.4) is 0 Å². The van der Waals surface area contributed by atoms with Crippen LogP contribution < -0.4 is 11.2 Å². The molecule has 0 aromatic carbocycles. The summed E-state index contributed by atoms with van der Waals surface area (Å²) in [7, 11) is -1.72. The van der Waals surface area contributed by atoms with E-state index in [9.17, 15) is 19.8 Å². The van der Waals surface area contributed by atoms with E-state index < -0.39 is 50.5 Å². The zero-order valence-corrected chi connectivity index (χ0v) is 14.1. The third kappa shape index (κ3) is 3.80. The van der Waals surface area contributed by atoms with E-state index in [2.05, 4.69) is 16.4 Å². The minimum absolute atomic E-state index is 0.0739. The number of H-pyrrole nitrogens is 1. The molecule has 1 saturated heterocycles. The van der Waals surface area contributed by atoms with Gasteiger partial charge in [-0.15, -0.1) is 5.54 Å². The minimum atomic E-state index is -1.72. The third-order valence-electron chi connectivity index (χ3n) is 3.33. The van der Waals surface area contributed by atoms with Gasteiger partial charge in [0.05, 0.1) is 6.61 Å². The Morgan fingerprint density at radius 2 is 1.96 bits per heavy atom. The molecule has 4 N–H and O–H groups in total. The fourth-order valence-corrected chi connectivity index (χ4v) is 2.64. The standard InChI is InChI=1S/C14H20N2O6Si/c1-23(2,3)5-4-8-6-16(14(21)15-12(8)20)13-11(19)10(18)9(7-17)22-13/h6,9-11,13,17-19H,7H2,1-3H3,(H,15,20,21)/t9-,10+,11+,13-/m1/s1/i4+1,5+1. The molecule has 9 heteroatoms. The van der Waals surface area contributed by atoms with Crippen molar-refractivity contribution < 1.29 is 20.1 Å². The van der Waals surface area contributed by atoms with Crippen molar-refractivity contribution in [2.24, 2.45) is 0 Å². The summed E-state index contributed by atoms with van der Waals surface area (Å²) in [6.07, 6.45) is -3.76. The van der Waals surface area contributed by atoms with Gasteiger partial charge in [-0.05, 0) is 0 Å². The lowest BCUT2D eigenvalue weighted by atomic mass is 10.1. The molecule has 2 rings (SSSR count). The van der Waals surface area contributed by atoms with Gasteiger partial charge >= 0.3 is 5.69 Å². The van der Waals surface area contributed by atoms with Crippen LogP contribution in [0.5, 0.6) is 0 Å². The van der Waals surface area contributed by atoms with Crippen LogP contribution in [0.4, 0.5) is 0 Å². The van der Waals surface area contributed by atoms with Crippen molar-refractivity contribution in [3.63, 3.8) is 0 Å². The molecule has 1 aliphatic rings. The number of rotatable bonds is 2. The Bertz CT molecular complexity index is 753. The maximum Gasteiger partial charge on any atom is 0.330 e. The van der Waals surface area contributed by atoms with E-state index in [1.165, 1.54) is 6.20 Å². The highest BCUT2D eigenvalue weighted by atomic mass is 28.3. The molecule has 126 valence electrons. The number of aliphatic hydroxyl groups is 3. The van der Waals surface area contributed by atoms with Crippen LogP contribution in [0.2, 0.25) is 19.6 Å². The highest BCUT2D eigenvalue weighted by molar-refractivity contribution is 6.83. The van der Waals surface area contributed by atoms with E-state index in [1.54, 1.807) is 0 Å². The van der Waals surface area contributed by atoms with Gasteiger partial charge in [0.1, 0.15) is 31.9 Å². The zero-order chi connectivity index (χ0) is 17.4. The summed E-state index contributed by atoms with van der Waals surface area (Å²) < 4.78 is 6.27. The van der Waals surface area contributed by atoms with Gasteiger partial charge in [-0.3, -0.25) is 14.3 Å². The minimum Gasteiger partial charge on any atom is -0.394 e. The van der Waals surface area contributed by atoms with Crippen LogP contribution in [-0.2, 0) is 4.74 Å². The van der Waals surface area contributed by atoms with E-state index in [-0.39, 0.29) is 5.56 Å². The van der Waals surface area contributed by atoms with Gasteiger partial charge in [0.2, 0.25) is 0 Å². The molecule has 8 nitrogen and oxygen atoms in total. The molecule has 2 heterocycles. The number of hydrogen-bond acceptors (Lipinski definition) is 6. The van der Waals surface area contributed by atoms with E-state index in [0.29, 0.717) is 0 Å². The number of hydrogen-bond donors (Lipinski definition) is 4. The predicted octanol–water partition coefficient (Wildman–Crippen LogP) is -1.62. The molecule has 4 atom stereocenters. The molecule has 0 spiro atoms. The quantitative estimate of drug-likeness (QED) is 0.291. The van der Waals surface area contributed by atoms with E-state index in [0.717, 1.165) is 4.57 Å². The van der Waals surface area contributed by atoms with Crippen molar-refractivity contribution >= 4 is 8.07 Å². The first-order chi connectivity index (χ1) is 10.6. The highest BCUT2D eigenvalue weighted by Gasteiger charge is 2.43. The van der Waals surface area contributed by atoms with Crippen molar-refractivity contribution in [2.45, 2.75) is 44.2 Å². The summed E-state index contributed by atoms with van der Waals surface area (Å²) >= 11 is 0. The molecule has 0 unspecified atom stereocenters. The van der Waals surface area contributed by atoms with Crippen molar-refractivity contribution in [2.75, 3.05) is 6.61 Å². The highest BCUT2D eigenvalue weighted by Crippen LogP contribution is 2.27. The van der Waals surface area contributed by atoms with Gasteiger partial charge in [0.25, 0.3) is 5.56 Å². The van der Waals surface area contributed by atoms with Crippen molar-refractivity contribution in [3.8, 4) is 11.5 Å². The maximum atomic E-state index is 12.0. The van der Waals surface area contributed by atoms with Crippen LogP contribution in [0.15, 0.2) is 15.8 Å². The van der Waals surface area contributed by atoms with Gasteiger partial charge in [-0.2, -0.15) is 0 Å². The Kier molecular flexibility index (Phi) is 4.93. The van der Waals surface area contributed by atoms with E-state index in [4.69, 9.17) is 9.84 Å². The topological polar surface area (TPSA) is 125 Å². The molecule has 0 aliphatic carbocycles. The van der Waals surface area contributed by atoms with Crippen LogP contribution in [-0.4, -0.2) is 57.9 Å². The molecular formula is C14H20N2O6Si. The monoisotopic (exact) mass is 342 g/mol. The van der Waals surface area contributed by atoms with Gasteiger partial charge in [-0.1, -0.05) is 25.6 Å². The SMILES string of the molecule is C[Si](C)(C)[13C]#[13C]c1cn([C@@H]2O[C@H](CO)[C@H](O)[C@@H]2O)c(=O)[nH]c1=O. The molecule has 1 aromatic heterocycles.